The summed E-state index contributed by atoms with van der Waals surface area (Å²) in [5.74, 6) is 0.974. The summed E-state index contributed by atoms with van der Waals surface area (Å²) < 4.78 is 11.9. The van der Waals surface area contributed by atoms with E-state index in [4.69, 9.17) is 27.9 Å². The molecule has 22 heavy (non-hydrogen) atoms. The van der Waals surface area contributed by atoms with E-state index >= 15 is 0 Å². The molecule has 0 radical (unpaired) electrons. The third-order valence-electron chi connectivity index (χ3n) is 2.72. The van der Waals surface area contributed by atoms with Crippen molar-refractivity contribution >= 4 is 40.9 Å². The van der Waals surface area contributed by atoms with Crippen molar-refractivity contribution in [2.75, 3.05) is 12.9 Å². The highest BCUT2D eigenvalue weighted by Gasteiger charge is 2.12. The minimum absolute atomic E-state index is 0.173. The number of carbonyl (C=O) groups excluding carboxylic acids is 1. The van der Waals surface area contributed by atoms with E-state index < -0.39 is 0 Å². The van der Waals surface area contributed by atoms with Crippen molar-refractivity contribution in [2.45, 2.75) is 11.8 Å². The molecule has 0 aliphatic heterocycles. The van der Waals surface area contributed by atoms with E-state index in [1.165, 1.54) is 18.9 Å². The molecule has 6 nitrogen and oxygen atoms in total. The van der Waals surface area contributed by atoms with Crippen LogP contribution in [0, 0.1) is 0 Å². The number of rotatable bonds is 6. The Hall–Kier alpha value is -1.44. The highest BCUT2D eigenvalue weighted by molar-refractivity contribution is 7.99. The van der Waals surface area contributed by atoms with Gasteiger partial charge in [0.05, 0.1) is 17.9 Å². The molecule has 0 aliphatic carbocycles. The molecular formula is C13H13Cl2N3O3S. The summed E-state index contributed by atoms with van der Waals surface area (Å²) in [7, 11) is 3.14. The van der Waals surface area contributed by atoms with Crippen molar-refractivity contribution in [3.63, 3.8) is 0 Å². The first-order chi connectivity index (χ1) is 10.5. The van der Waals surface area contributed by atoms with Gasteiger partial charge in [0.25, 0.3) is 0 Å². The van der Waals surface area contributed by atoms with Crippen LogP contribution in [0.5, 0.6) is 5.75 Å². The Morgan fingerprint density at radius 3 is 2.82 bits per heavy atom. The lowest BCUT2D eigenvalue weighted by Crippen LogP contribution is -2.06. The minimum Gasteiger partial charge on any atom is -0.484 e. The molecule has 0 bridgehead atoms. The van der Waals surface area contributed by atoms with Crippen LogP contribution >= 0.6 is 35.0 Å². The molecule has 2 aromatic rings. The average molecular weight is 362 g/mol. The number of nitrogens with zero attached hydrogens (tertiary/aromatic N) is 3. The van der Waals surface area contributed by atoms with Crippen LogP contribution < -0.4 is 4.74 Å². The fourth-order valence-electron chi connectivity index (χ4n) is 1.51. The fourth-order valence-corrected chi connectivity index (χ4v) is 2.74. The smallest absolute Gasteiger partial charge is 0.316 e. The van der Waals surface area contributed by atoms with Crippen LogP contribution in [0.2, 0.25) is 10.0 Å². The molecule has 0 spiro atoms. The molecule has 9 heteroatoms. The van der Waals surface area contributed by atoms with Gasteiger partial charge in [0, 0.05) is 12.1 Å². The lowest BCUT2D eigenvalue weighted by molar-refractivity contribution is -0.137. The number of methoxy groups -OCH3 is 1. The fraction of sp³-hybridized carbons (Fsp3) is 0.308. The van der Waals surface area contributed by atoms with Gasteiger partial charge in [-0.15, -0.1) is 10.2 Å². The quantitative estimate of drug-likeness (QED) is 0.582. The van der Waals surface area contributed by atoms with Crippen molar-refractivity contribution in [3.8, 4) is 5.75 Å². The van der Waals surface area contributed by atoms with Gasteiger partial charge >= 0.3 is 5.97 Å². The van der Waals surface area contributed by atoms with Crippen LogP contribution in [0.15, 0.2) is 23.4 Å². The van der Waals surface area contributed by atoms with Gasteiger partial charge < -0.3 is 14.0 Å². The van der Waals surface area contributed by atoms with E-state index in [1.807, 2.05) is 0 Å². The summed E-state index contributed by atoms with van der Waals surface area (Å²) in [6.07, 6.45) is 0. The number of hydrogen-bond acceptors (Lipinski definition) is 6. The van der Waals surface area contributed by atoms with Crippen LogP contribution in [0.1, 0.15) is 5.82 Å². The van der Waals surface area contributed by atoms with Gasteiger partial charge in [-0.3, -0.25) is 4.79 Å². The van der Waals surface area contributed by atoms with Crippen molar-refractivity contribution in [2.24, 2.45) is 7.05 Å². The zero-order valence-corrected chi connectivity index (χ0v) is 14.2. The summed E-state index contributed by atoms with van der Waals surface area (Å²) in [5.41, 5.74) is 0. The number of ether oxygens (including phenoxy) is 2. The molecule has 0 saturated carbocycles. The second-order valence-electron chi connectivity index (χ2n) is 4.19. The Balaban J connectivity index is 1.99. The van der Waals surface area contributed by atoms with E-state index in [-0.39, 0.29) is 18.3 Å². The second-order valence-corrected chi connectivity index (χ2v) is 5.97. The van der Waals surface area contributed by atoms with E-state index in [0.29, 0.717) is 26.8 Å². The lowest BCUT2D eigenvalue weighted by Gasteiger charge is -2.08. The predicted octanol–water partition coefficient (Wildman–Crippen LogP) is 2.97. The standard InChI is InChI=1S/C13H13Cl2N3O3S/c1-18-11(16-17-13(18)22-7-12(19)20-2)6-21-10-4-3-8(14)5-9(10)15/h3-5H,6-7H2,1-2H3. The van der Waals surface area contributed by atoms with Crippen LogP contribution in [-0.4, -0.2) is 33.6 Å². The van der Waals surface area contributed by atoms with Gasteiger partial charge in [-0.25, -0.2) is 0 Å². The molecular weight excluding hydrogens is 349 g/mol. The van der Waals surface area contributed by atoms with Crippen LogP contribution in [0.25, 0.3) is 0 Å². The maximum absolute atomic E-state index is 11.1. The Kier molecular flexibility index (Phi) is 5.93. The molecule has 2 rings (SSSR count). The van der Waals surface area contributed by atoms with Crippen LogP contribution in [0.4, 0.5) is 0 Å². The number of hydrogen-bond donors (Lipinski definition) is 0. The molecule has 0 unspecified atom stereocenters. The topological polar surface area (TPSA) is 66.2 Å². The Morgan fingerprint density at radius 2 is 2.14 bits per heavy atom. The number of aromatic nitrogens is 3. The number of esters is 1. The van der Waals surface area contributed by atoms with Gasteiger partial charge in [-0.1, -0.05) is 35.0 Å². The molecule has 0 aliphatic rings. The molecule has 0 fully saturated rings. The summed E-state index contributed by atoms with van der Waals surface area (Å²) >= 11 is 13.1. The third-order valence-corrected chi connectivity index (χ3v) is 4.25. The van der Waals surface area contributed by atoms with Crippen molar-refractivity contribution in [1.29, 1.82) is 0 Å². The molecule has 0 saturated heterocycles. The molecule has 0 amide bonds. The van der Waals surface area contributed by atoms with Gasteiger partial charge in [-0.05, 0) is 18.2 Å². The SMILES string of the molecule is COC(=O)CSc1nnc(COc2ccc(Cl)cc2Cl)n1C. The zero-order valence-electron chi connectivity index (χ0n) is 11.9. The van der Waals surface area contributed by atoms with Gasteiger partial charge in [-0.2, -0.15) is 0 Å². The summed E-state index contributed by atoms with van der Waals surface area (Å²) in [4.78, 5) is 11.1. The van der Waals surface area contributed by atoms with E-state index in [9.17, 15) is 4.79 Å². The predicted molar refractivity (Wildman–Crippen MR) is 84.5 cm³/mol. The highest BCUT2D eigenvalue weighted by atomic mass is 35.5. The first-order valence-electron chi connectivity index (χ1n) is 6.17. The maximum Gasteiger partial charge on any atom is 0.316 e. The lowest BCUT2D eigenvalue weighted by atomic mass is 10.3. The normalized spacial score (nSPS) is 10.5. The number of thioether (sulfide) groups is 1. The van der Waals surface area contributed by atoms with Crippen molar-refractivity contribution in [1.82, 2.24) is 14.8 Å². The Morgan fingerprint density at radius 1 is 1.36 bits per heavy atom. The first-order valence-corrected chi connectivity index (χ1v) is 7.91. The monoisotopic (exact) mass is 361 g/mol. The maximum atomic E-state index is 11.1. The molecule has 1 aromatic heterocycles. The second kappa shape index (κ2) is 7.71. The number of benzene rings is 1. The Bertz CT molecular complexity index is 679. The van der Waals surface area contributed by atoms with Crippen LogP contribution in [-0.2, 0) is 23.2 Å². The molecule has 0 atom stereocenters. The van der Waals surface area contributed by atoms with Gasteiger partial charge in [0.15, 0.2) is 11.0 Å². The van der Waals surface area contributed by atoms with Crippen LogP contribution in [0.3, 0.4) is 0 Å². The molecule has 118 valence electrons. The van der Waals surface area contributed by atoms with E-state index in [0.717, 1.165) is 0 Å². The van der Waals surface area contributed by atoms with Gasteiger partial charge in [0.1, 0.15) is 12.4 Å². The largest absolute Gasteiger partial charge is 0.484 e. The highest BCUT2D eigenvalue weighted by Crippen LogP contribution is 2.28. The summed E-state index contributed by atoms with van der Waals surface area (Å²) in [5, 5.41) is 9.60. The third kappa shape index (κ3) is 4.28. The minimum atomic E-state index is -0.321. The molecule has 1 aromatic carbocycles. The zero-order chi connectivity index (χ0) is 16.1. The van der Waals surface area contributed by atoms with Gasteiger partial charge in [0.2, 0.25) is 0 Å². The summed E-state index contributed by atoms with van der Waals surface area (Å²) in [6, 6.07) is 4.98. The van der Waals surface area contributed by atoms with Crippen molar-refractivity contribution < 1.29 is 14.3 Å². The van der Waals surface area contributed by atoms with Crippen molar-refractivity contribution in [3.05, 3.63) is 34.1 Å². The number of halogens is 2. The molecule has 0 N–H and O–H groups in total. The average Bonchev–Trinajstić information content (AvgIpc) is 2.84. The Labute approximate surface area is 141 Å². The van der Waals surface area contributed by atoms with E-state index in [1.54, 1.807) is 29.8 Å². The molecule has 1 heterocycles. The first kappa shape index (κ1) is 16.9. The summed E-state index contributed by atoms with van der Waals surface area (Å²) in [6.45, 7) is 0.198. The van der Waals surface area contributed by atoms with E-state index in [2.05, 4.69) is 14.9 Å². The number of carbonyl (C=O) groups is 1.